The number of hydrogen-bond acceptors (Lipinski definition) is 5. The van der Waals surface area contributed by atoms with Gasteiger partial charge in [0.2, 0.25) is 5.91 Å². The summed E-state index contributed by atoms with van der Waals surface area (Å²) in [4.78, 5) is 27.8. The van der Waals surface area contributed by atoms with Gasteiger partial charge in [-0.1, -0.05) is 45.4 Å². The Morgan fingerprint density at radius 3 is 2.39 bits per heavy atom. The fourth-order valence-electron chi connectivity index (χ4n) is 3.39. The van der Waals surface area contributed by atoms with E-state index in [0.29, 0.717) is 31.5 Å². The fraction of sp³-hybridized carbons (Fsp3) is 0.417. The standard InChI is InChI=1S/C24H32N2O5/c1-4-13-26(14-12-17-8-7-11-20(28)22(17)29)24(31)21(16(3)5-2)25-23(30)18-9-6-10-19(27)15-18/h6-11,15-16,21,27-29H,4-5,12-14H2,1-3H3,(H,25,30)/t16?,21-/m0/s1. The Hall–Kier alpha value is -3.22. The molecule has 0 spiro atoms. The van der Waals surface area contributed by atoms with Gasteiger partial charge < -0.3 is 25.5 Å². The molecule has 2 rings (SSSR count). The summed E-state index contributed by atoms with van der Waals surface area (Å²) in [7, 11) is 0. The third kappa shape index (κ3) is 6.38. The van der Waals surface area contributed by atoms with Crippen LogP contribution in [0.1, 0.15) is 49.5 Å². The first kappa shape index (κ1) is 24.1. The average Bonchev–Trinajstić information content (AvgIpc) is 2.76. The molecule has 0 fully saturated rings. The predicted molar refractivity (Wildman–Crippen MR) is 119 cm³/mol. The Kier molecular flexibility index (Phi) is 8.73. The Balaban J connectivity index is 2.19. The Bertz CT molecular complexity index is 899. The summed E-state index contributed by atoms with van der Waals surface area (Å²) in [5.41, 5.74) is 0.839. The SMILES string of the molecule is CCCN(CCc1cccc(O)c1O)C(=O)[C@@H](NC(=O)c1cccc(O)c1)C(C)CC. The smallest absolute Gasteiger partial charge is 0.252 e. The van der Waals surface area contributed by atoms with Crippen molar-refractivity contribution in [3.05, 3.63) is 53.6 Å². The lowest BCUT2D eigenvalue weighted by Gasteiger charge is -2.31. The van der Waals surface area contributed by atoms with Crippen molar-refractivity contribution < 1.29 is 24.9 Å². The molecule has 7 nitrogen and oxygen atoms in total. The molecule has 7 heteroatoms. The van der Waals surface area contributed by atoms with E-state index in [9.17, 15) is 24.9 Å². The second kappa shape index (κ2) is 11.2. The van der Waals surface area contributed by atoms with E-state index in [2.05, 4.69) is 5.32 Å². The third-order valence-electron chi connectivity index (χ3n) is 5.43. The number of nitrogens with zero attached hydrogens (tertiary/aromatic N) is 1. The monoisotopic (exact) mass is 428 g/mol. The van der Waals surface area contributed by atoms with Crippen LogP contribution >= 0.6 is 0 Å². The minimum atomic E-state index is -0.718. The summed E-state index contributed by atoms with van der Waals surface area (Å²) in [6.45, 7) is 6.69. The quantitative estimate of drug-likeness (QED) is 0.434. The number of phenolic OH excluding ortho intramolecular Hbond substituents is 3. The Morgan fingerprint density at radius 2 is 1.74 bits per heavy atom. The van der Waals surface area contributed by atoms with Crippen LogP contribution in [-0.4, -0.2) is 51.2 Å². The third-order valence-corrected chi connectivity index (χ3v) is 5.43. The highest BCUT2D eigenvalue weighted by Crippen LogP contribution is 2.28. The first-order valence-corrected chi connectivity index (χ1v) is 10.7. The number of phenols is 3. The normalized spacial score (nSPS) is 12.7. The topological polar surface area (TPSA) is 110 Å². The molecule has 0 heterocycles. The van der Waals surface area contributed by atoms with Crippen LogP contribution in [0.2, 0.25) is 0 Å². The molecule has 2 aromatic carbocycles. The number of carbonyl (C=O) groups is 2. The molecule has 0 aromatic heterocycles. The molecule has 2 amide bonds. The van der Waals surface area contributed by atoms with Crippen LogP contribution in [0.4, 0.5) is 0 Å². The van der Waals surface area contributed by atoms with Crippen LogP contribution in [0.5, 0.6) is 17.2 Å². The zero-order valence-corrected chi connectivity index (χ0v) is 18.3. The van der Waals surface area contributed by atoms with E-state index in [1.54, 1.807) is 29.2 Å². The summed E-state index contributed by atoms with van der Waals surface area (Å²) in [5.74, 6) is -1.09. The van der Waals surface area contributed by atoms with Gasteiger partial charge in [0.15, 0.2) is 11.5 Å². The van der Waals surface area contributed by atoms with Crippen molar-refractivity contribution in [3.8, 4) is 17.2 Å². The van der Waals surface area contributed by atoms with Gasteiger partial charge >= 0.3 is 0 Å². The molecular formula is C24H32N2O5. The molecule has 0 aliphatic carbocycles. The second-order valence-electron chi connectivity index (χ2n) is 7.75. The van der Waals surface area contributed by atoms with E-state index in [-0.39, 0.29) is 34.6 Å². The van der Waals surface area contributed by atoms with Crippen molar-refractivity contribution >= 4 is 11.8 Å². The lowest BCUT2D eigenvalue weighted by atomic mass is 9.96. The maximum absolute atomic E-state index is 13.4. The van der Waals surface area contributed by atoms with Crippen LogP contribution in [-0.2, 0) is 11.2 Å². The zero-order valence-electron chi connectivity index (χ0n) is 18.3. The highest BCUT2D eigenvalue weighted by atomic mass is 16.3. The van der Waals surface area contributed by atoms with Gasteiger partial charge in [-0.15, -0.1) is 0 Å². The molecule has 2 aromatic rings. The maximum atomic E-state index is 13.4. The molecule has 0 saturated heterocycles. The van der Waals surface area contributed by atoms with Crippen LogP contribution < -0.4 is 5.32 Å². The fourth-order valence-corrected chi connectivity index (χ4v) is 3.39. The number of para-hydroxylation sites is 1. The van der Waals surface area contributed by atoms with Gasteiger partial charge in [-0.25, -0.2) is 0 Å². The average molecular weight is 429 g/mol. The molecule has 0 saturated carbocycles. The molecule has 168 valence electrons. The van der Waals surface area contributed by atoms with Gasteiger partial charge in [0.1, 0.15) is 11.8 Å². The van der Waals surface area contributed by atoms with Crippen molar-refractivity contribution in [2.75, 3.05) is 13.1 Å². The molecule has 2 atom stereocenters. The summed E-state index contributed by atoms with van der Waals surface area (Å²) >= 11 is 0. The number of rotatable bonds is 10. The van der Waals surface area contributed by atoms with Crippen LogP contribution in [0, 0.1) is 5.92 Å². The van der Waals surface area contributed by atoms with Crippen molar-refractivity contribution in [1.82, 2.24) is 10.2 Å². The summed E-state index contributed by atoms with van der Waals surface area (Å²) in [6.07, 6.45) is 1.81. The summed E-state index contributed by atoms with van der Waals surface area (Å²) < 4.78 is 0. The van der Waals surface area contributed by atoms with E-state index in [4.69, 9.17) is 0 Å². The van der Waals surface area contributed by atoms with Crippen molar-refractivity contribution in [1.29, 1.82) is 0 Å². The molecule has 0 aliphatic rings. The van der Waals surface area contributed by atoms with E-state index in [0.717, 1.165) is 6.42 Å². The van der Waals surface area contributed by atoms with Crippen LogP contribution in [0.25, 0.3) is 0 Å². The minimum Gasteiger partial charge on any atom is -0.508 e. The molecule has 0 aliphatic heterocycles. The minimum absolute atomic E-state index is 0.0161. The van der Waals surface area contributed by atoms with E-state index >= 15 is 0 Å². The number of aromatic hydroxyl groups is 3. The number of amides is 2. The second-order valence-corrected chi connectivity index (χ2v) is 7.75. The zero-order chi connectivity index (χ0) is 23.0. The molecule has 0 bridgehead atoms. The largest absolute Gasteiger partial charge is 0.508 e. The Morgan fingerprint density at radius 1 is 1.03 bits per heavy atom. The molecular weight excluding hydrogens is 396 g/mol. The number of nitrogens with one attached hydrogen (secondary N) is 1. The molecule has 0 radical (unpaired) electrons. The van der Waals surface area contributed by atoms with Crippen LogP contribution in [0.15, 0.2) is 42.5 Å². The van der Waals surface area contributed by atoms with Gasteiger partial charge in [0.05, 0.1) is 0 Å². The number of carbonyl (C=O) groups excluding carboxylic acids is 2. The van der Waals surface area contributed by atoms with E-state index < -0.39 is 11.9 Å². The van der Waals surface area contributed by atoms with Gasteiger partial charge in [-0.3, -0.25) is 9.59 Å². The van der Waals surface area contributed by atoms with Gasteiger partial charge in [0.25, 0.3) is 5.91 Å². The molecule has 31 heavy (non-hydrogen) atoms. The van der Waals surface area contributed by atoms with E-state index in [1.807, 2.05) is 20.8 Å². The predicted octanol–water partition coefficient (Wildman–Crippen LogP) is 3.43. The molecule has 1 unspecified atom stereocenters. The van der Waals surface area contributed by atoms with E-state index in [1.165, 1.54) is 18.2 Å². The van der Waals surface area contributed by atoms with Gasteiger partial charge in [0, 0.05) is 18.7 Å². The Labute approximate surface area is 183 Å². The van der Waals surface area contributed by atoms with Gasteiger partial charge in [-0.05, 0) is 48.6 Å². The van der Waals surface area contributed by atoms with Crippen molar-refractivity contribution in [3.63, 3.8) is 0 Å². The highest BCUT2D eigenvalue weighted by molar-refractivity contribution is 5.97. The lowest BCUT2D eigenvalue weighted by molar-refractivity contribution is -0.134. The van der Waals surface area contributed by atoms with Crippen molar-refractivity contribution in [2.45, 2.75) is 46.1 Å². The number of benzene rings is 2. The van der Waals surface area contributed by atoms with Gasteiger partial charge in [-0.2, -0.15) is 0 Å². The maximum Gasteiger partial charge on any atom is 0.252 e. The van der Waals surface area contributed by atoms with Crippen molar-refractivity contribution in [2.24, 2.45) is 5.92 Å². The highest BCUT2D eigenvalue weighted by Gasteiger charge is 2.30. The first-order chi connectivity index (χ1) is 14.8. The summed E-state index contributed by atoms with van der Waals surface area (Å²) in [6, 6.07) is 10.0. The molecule has 4 N–H and O–H groups in total. The first-order valence-electron chi connectivity index (χ1n) is 10.7. The lowest BCUT2D eigenvalue weighted by Crippen LogP contribution is -2.52. The summed E-state index contributed by atoms with van der Waals surface area (Å²) in [5, 5.41) is 32.2. The number of hydrogen-bond donors (Lipinski definition) is 4. The van der Waals surface area contributed by atoms with Crippen LogP contribution in [0.3, 0.4) is 0 Å².